The summed E-state index contributed by atoms with van der Waals surface area (Å²) in [6, 6.07) is 162. The van der Waals surface area contributed by atoms with Gasteiger partial charge in [-0.15, -0.1) is 0 Å². The molecule has 0 unspecified atom stereocenters. The van der Waals surface area contributed by atoms with Crippen LogP contribution in [0.4, 0.5) is 34.1 Å². The number of anilines is 6. The molecule has 0 atom stereocenters. The number of benzene rings is 18. The molecule has 2 nitrogen and oxygen atoms in total. The predicted molar refractivity (Wildman–Crippen MR) is 473 cm³/mol. The molecular formula is C112H69BN2. The normalized spacial score (nSPS) is 15.2. The third-order valence-electron chi connectivity index (χ3n) is 27.8. The molecule has 18 aromatic carbocycles. The summed E-state index contributed by atoms with van der Waals surface area (Å²) in [6.45, 7) is -0.297. The van der Waals surface area contributed by atoms with Gasteiger partial charge in [0.2, 0.25) is 0 Å². The Bertz CT molecular complexity index is 6640. The van der Waals surface area contributed by atoms with Gasteiger partial charge in [-0.1, -0.05) is 382 Å². The second-order valence-electron chi connectivity index (χ2n) is 32.5. The molecule has 0 fully saturated rings. The van der Waals surface area contributed by atoms with Crippen LogP contribution in [0.15, 0.2) is 419 Å². The van der Waals surface area contributed by atoms with Crippen molar-refractivity contribution in [1.29, 1.82) is 0 Å². The lowest BCUT2D eigenvalue weighted by atomic mass is 9.33. The fourth-order valence-corrected chi connectivity index (χ4v) is 23.8. The highest BCUT2D eigenvalue weighted by Crippen LogP contribution is 2.69. The molecule has 18 aromatic rings. The van der Waals surface area contributed by atoms with Gasteiger partial charge in [-0.3, -0.25) is 0 Å². The molecule has 2 spiro atoms. The number of nitrogens with zero attached hydrogens (tertiary/aromatic N) is 2. The van der Waals surface area contributed by atoms with Gasteiger partial charge in [0.25, 0.3) is 6.71 Å². The highest BCUT2D eigenvalue weighted by atomic mass is 15.2. The third kappa shape index (κ3) is 7.77. The largest absolute Gasteiger partial charge is 0.311 e. The quantitative estimate of drug-likeness (QED) is 0.147. The highest BCUT2D eigenvalue weighted by molar-refractivity contribution is 7.00. The van der Waals surface area contributed by atoms with E-state index in [4.69, 9.17) is 0 Å². The molecule has 0 aromatic heterocycles. The van der Waals surface area contributed by atoms with Crippen molar-refractivity contribution >= 4 is 57.2 Å². The standard InChI is InChI=1S/C112H69BN2/c1-4-32-70(33-5-1)71-66-104-108-105(67-71)115(101-61-31-49-87-85-47-19-29-59-97(85)112(107(87)101)94-56-26-16-44-82(94)83-45-17-27-57-95(83)112)103-69-75(110(73-36-8-3-9-37-73)90-52-22-12-40-78(90)79-41-13-23-53-91(79)110)63-65-99(103)113(108)98-64-62-74(109(72-34-6-2-7-35-72)88-50-20-10-38-76(88)77-39-11-21-51-89(77)109)68-102(98)114(104)100-60-30-48-86-84-46-18-28-58-96(84)111(106(86)100)92-54-24-14-42-80(92)81-43-15-25-55-93(81)111/h1-69H. The van der Waals surface area contributed by atoms with Crippen LogP contribution in [0.2, 0.25) is 0 Å². The Morgan fingerprint density at radius 3 is 0.722 bits per heavy atom. The van der Waals surface area contributed by atoms with Gasteiger partial charge in [0.1, 0.15) is 0 Å². The summed E-state index contributed by atoms with van der Waals surface area (Å²) in [5, 5.41) is 0. The van der Waals surface area contributed by atoms with E-state index in [1.165, 1.54) is 172 Å². The average molecular weight is 1450 g/mol. The summed E-state index contributed by atoms with van der Waals surface area (Å²) in [5.41, 5.74) is 45.6. The minimum absolute atomic E-state index is 0.297. The molecular weight excluding hydrogens is 1380 g/mol. The van der Waals surface area contributed by atoms with Crippen molar-refractivity contribution in [2.45, 2.75) is 21.7 Å². The van der Waals surface area contributed by atoms with Crippen molar-refractivity contribution in [3.63, 3.8) is 0 Å². The Hall–Kier alpha value is -14.4. The van der Waals surface area contributed by atoms with E-state index in [0.717, 1.165) is 45.3 Å². The molecule has 0 N–H and O–H groups in total. The first-order valence-electron chi connectivity index (χ1n) is 40.6. The van der Waals surface area contributed by atoms with Crippen LogP contribution in [-0.4, -0.2) is 6.71 Å². The smallest absolute Gasteiger partial charge is 0.252 e. The van der Waals surface area contributed by atoms with Gasteiger partial charge in [0, 0.05) is 33.9 Å². The van der Waals surface area contributed by atoms with E-state index in [1.807, 2.05) is 0 Å². The van der Waals surface area contributed by atoms with Crippen molar-refractivity contribution in [3.8, 4) is 77.9 Å². The minimum Gasteiger partial charge on any atom is -0.311 e. The fourth-order valence-electron chi connectivity index (χ4n) is 23.8. The van der Waals surface area contributed by atoms with Crippen LogP contribution in [0.3, 0.4) is 0 Å². The van der Waals surface area contributed by atoms with Crippen molar-refractivity contribution in [2.24, 2.45) is 0 Å². The van der Waals surface area contributed by atoms with Crippen LogP contribution in [0, 0.1) is 0 Å². The third-order valence-corrected chi connectivity index (χ3v) is 27.8. The number of hydrogen-bond donors (Lipinski definition) is 0. The van der Waals surface area contributed by atoms with Gasteiger partial charge in [0.15, 0.2) is 0 Å². The second kappa shape index (κ2) is 23.1. The summed E-state index contributed by atoms with van der Waals surface area (Å²) >= 11 is 0. The van der Waals surface area contributed by atoms with Crippen molar-refractivity contribution in [3.05, 3.63) is 508 Å². The zero-order valence-electron chi connectivity index (χ0n) is 62.8. The molecule has 115 heavy (non-hydrogen) atoms. The minimum atomic E-state index is -0.722. The number of rotatable bonds is 7. The topological polar surface area (TPSA) is 6.48 Å². The van der Waals surface area contributed by atoms with E-state index >= 15 is 0 Å². The van der Waals surface area contributed by atoms with E-state index in [-0.39, 0.29) is 6.71 Å². The van der Waals surface area contributed by atoms with Gasteiger partial charge < -0.3 is 9.80 Å². The van der Waals surface area contributed by atoms with Crippen LogP contribution in [0.5, 0.6) is 0 Å². The van der Waals surface area contributed by atoms with E-state index in [1.54, 1.807) is 0 Å². The van der Waals surface area contributed by atoms with Gasteiger partial charge in [-0.2, -0.15) is 0 Å². The Labute approximate surface area is 669 Å². The van der Waals surface area contributed by atoms with Gasteiger partial charge in [-0.05, 0) is 209 Å². The summed E-state index contributed by atoms with van der Waals surface area (Å²) in [6.07, 6.45) is 0. The van der Waals surface area contributed by atoms with Crippen LogP contribution in [-0.2, 0) is 21.7 Å². The molecule has 6 aliphatic carbocycles. The molecule has 0 radical (unpaired) electrons. The van der Waals surface area contributed by atoms with Crippen molar-refractivity contribution in [1.82, 2.24) is 0 Å². The van der Waals surface area contributed by atoms with Crippen LogP contribution < -0.4 is 26.2 Å². The first-order valence-corrected chi connectivity index (χ1v) is 40.6. The Kier molecular flexibility index (Phi) is 12.7. The molecule has 3 heteroatoms. The molecule has 0 saturated carbocycles. The SMILES string of the molecule is c1ccc(-c2cc3c4c(c2)N(c2cccc5c2C2(c6ccccc6-c6ccccc62)c2ccccc2-5)c2cc(C5(c6ccccc6)c6ccccc6-c6ccccc65)ccc2B4c2ccc(C4(c5ccccc5)c5ccccc5-c5ccccc54)cc2N3c2cccc3c2C2(c4ccccc4-c4ccccc42)c2ccccc2-3)cc1. The lowest BCUT2D eigenvalue weighted by Crippen LogP contribution is -2.61. The van der Waals surface area contributed by atoms with Gasteiger partial charge in [0.05, 0.1) is 33.0 Å². The fraction of sp³-hybridized carbons (Fsp3) is 0.0357. The molecule has 8 aliphatic rings. The zero-order chi connectivity index (χ0) is 75.0. The maximum atomic E-state index is 2.80. The van der Waals surface area contributed by atoms with E-state index < -0.39 is 21.7 Å². The maximum absolute atomic E-state index is 2.80. The van der Waals surface area contributed by atoms with Crippen molar-refractivity contribution < 1.29 is 0 Å². The second-order valence-corrected chi connectivity index (χ2v) is 32.5. The summed E-state index contributed by atoms with van der Waals surface area (Å²) < 4.78 is 0. The Morgan fingerprint density at radius 2 is 0.417 bits per heavy atom. The summed E-state index contributed by atoms with van der Waals surface area (Å²) in [5.74, 6) is 0. The van der Waals surface area contributed by atoms with E-state index in [0.29, 0.717) is 0 Å². The molecule has 0 saturated heterocycles. The summed E-state index contributed by atoms with van der Waals surface area (Å²) in [4.78, 5) is 5.60. The first-order chi connectivity index (χ1) is 57.1. The van der Waals surface area contributed by atoms with Gasteiger partial charge in [-0.25, -0.2) is 0 Å². The summed E-state index contributed by atoms with van der Waals surface area (Å²) in [7, 11) is 0. The lowest BCUT2D eigenvalue weighted by Gasteiger charge is -2.47. The number of hydrogen-bond acceptors (Lipinski definition) is 2. The van der Waals surface area contributed by atoms with Crippen LogP contribution in [0.1, 0.15) is 89.0 Å². The zero-order valence-corrected chi connectivity index (χ0v) is 62.8. The Morgan fingerprint density at radius 1 is 0.165 bits per heavy atom. The Balaban J connectivity index is 0.842. The maximum Gasteiger partial charge on any atom is 0.252 e. The molecule has 2 heterocycles. The lowest BCUT2D eigenvalue weighted by molar-refractivity contribution is 0.768. The van der Waals surface area contributed by atoms with E-state index in [9.17, 15) is 0 Å². The van der Waals surface area contributed by atoms with Gasteiger partial charge >= 0.3 is 0 Å². The molecule has 26 rings (SSSR count). The average Bonchev–Trinajstić information content (AvgIpc) is 1.09. The van der Waals surface area contributed by atoms with E-state index in [2.05, 4.69) is 428 Å². The molecule has 0 bridgehead atoms. The van der Waals surface area contributed by atoms with Crippen LogP contribution in [0.25, 0.3) is 77.9 Å². The van der Waals surface area contributed by atoms with Crippen molar-refractivity contribution in [2.75, 3.05) is 9.80 Å². The van der Waals surface area contributed by atoms with Crippen LogP contribution >= 0.6 is 0 Å². The predicted octanol–water partition coefficient (Wildman–Crippen LogP) is 24.8. The number of fused-ring (bicyclic) bond motifs is 30. The monoisotopic (exact) mass is 1450 g/mol. The molecule has 0 amide bonds. The first kappa shape index (κ1) is 63.3. The molecule has 530 valence electrons. The highest BCUT2D eigenvalue weighted by Gasteiger charge is 2.58. The molecule has 2 aliphatic heterocycles.